The van der Waals surface area contributed by atoms with Gasteiger partial charge in [0.1, 0.15) is 11.4 Å². The number of halogens is 2. The van der Waals surface area contributed by atoms with E-state index >= 15 is 0 Å². The van der Waals surface area contributed by atoms with Crippen molar-refractivity contribution in [2.75, 3.05) is 0 Å². The summed E-state index contributed by atoms with van der Waals surface area (Å²) in [5.74, 6) is 4.86. The average molecular weight is 386 g/mol. The minimum atomic E-state index is -0.770. The van der Waals surface area contributed by atoms with Crippen molar-refractivity contribution in [3.63, 3.8) is 0 Å². The fourth-order valence-electron chi connectivity index (χ4n) is 3.10. The van der Waals surface area contributed by atoms with Crippen molar-refractivity contribution in [1.82, 2.24) is 10.3 Å². The minimum Gasteiger partial charge on any atom is -0.331 e. The van der Waals surface area contributed by atoms with E-state index in [0.29, 0.717) is 6.42 Å². The van der Waals surface area contributed by atoms with E-state index in [2.05, 4.69) is 22.1 Å². The Hall–Kier alpha value is -3.78. The summed E-state index contributed by atoms with van der Waals surface area (Å²) < 4.78 is 26.1. The highest BCUT2D eigenvalue weighted by Crippen LogP contribution is 2.32. The van der Waals surface area contributed by atoms with Crippen LogP contribution in [0, 0.1) is 23.6 Å². The first kappa shape index (κ1) is 18.6. The number of carbonyl (C=O) groups is 1. The first-order chi connectivity index (χ1) is 14.0. The van der Waals surface area contributed by atoms with Gasteiger partial charge in [0, 0.05) is 24.3 Å². The third kappa shape index (κ3) is 4.07. The maximum atomic E-state index is 13.1. The van der Waals surface area contributed by atoms with Crippen LogP contribution in [-0.4, -0.2) is 10.9 Å². The second-order valence-corrected chi connectivity index (χ2v) is 6.71. The van der Waals surface area contributed by atoms with Gasteiger partial charge in [-0.05, 0) is 53.1 Å². The van der Waals surface area contributed by atoms with Gasteiger partial charge in [-0.25, -0.2) is 9.37 Å². The lowest BCUT2D eigenvalue weighted by Crippen LogP contribution is -2.47. The standard InChI is InChI=1S/C24H16F2N2O/c25-21-9-5-17(6-10-21)7-12-23(29)28-24(13-2-14-24)20-4-1-3-18(15-20)19-8-11-22(26)27-16-19/h1,3-12,15-16H,13H2,(H,28,29)/b12-7+/t24-/m0/s1. The smallest absolute Gasteiger partial charge is 0.245 e. The molecule has 4 rings (SSSR count). The highest BCUT2D eigenvalue weighted by atomic mass is 19.1. The molecular formula is C24H16F2N2O. The Balaban J connectivity index is 1.54. The molecule has 0 spiro atoms. The molecule has 1 amide bonds. The number of benzene rings is 2. The van der Waals surface area contributed by atoms with E-state index in [-0.39, 0.29) is 11.7 Å². The van der Waals surface area contributed by atoms with Gasteiger partial charge in [-0.3, -0.25) is 4.79 Å². The van der Waals surface area contributed by atoms with Crippen LogP contribution in [0.5, 0.6) is 0 Å². The molecule has 0 fully saturated rings. The Bertz CT molecular complexity index is 1140. The highest BCUT2D eigenvalue weighted by Gasteiger charge is 2.35. The number of carbonyl (C=O) groups excluding carboxylic acids is 1. The minimum absolute atomic E-state index is 0.294. The van der Waals surface area contributed by atoms with Crippen molar-refractivity contribution >= 4 is 12.0 Å². The lowest BCUT2D eigenvalue weighted by Gasteiger charge is -2.33. The summed E-state index contributed by atoms with van der Waals surface area (Å²) in [5, 5.41) is 2.97. The molecule has 3 nitrogen and oxygen atoms in total. The SMILES string of the molecule is O=C(/C=C/c1ccc(F)cc1)N[C@]1(c2cccc(-c3ccc(F)nc3)c2)C#CC1. The molecule has 1 aliphatic carbocycles. The van der Waals surface area contributed by atoms with Crippen LogP contribution in [0.4, 0.5) is 8.78 Å². The summed E-state index contributed by atoms with van der Waals surface area (Å²) in [6.07, 6.45) is 4.99. The van der Waals surface area contributed by atoms with Crippen LogP contribution in [0.1, 0.15) is 17.5 Å². The zero-order valence-electron chi connectivity index (χ0n) is 15.3. The van der Waals surface area contributed by atoms with E-state index in [1.165, 1.54) is 30.5 Å². The summed E-state index contributed by atoms with van der Waals surface area (Å²) in [6.45, 7) is 0. The zero-order chi connectivity index (χ0) is 20.3. The molecule has 0 aliphatic heterocycles. The molecule has 0 bridgehead atoms. The third-order valence-corrected chi connectivity index (χ3v) is 4.71. The molecule has 1 aromatic heterocycles. The Morgan fingerprint density at radius 3 is 2.52 bits per heavy atom. The first-order valence-electron chi connectivity index (χ1n) is 9.02. The van der Waals surface area contributed by atoms with Gasteiger partial charge >= 0.3 is 0 Å². The molecule has 5 heteroatoms. The maximum Gasteiger partial charge on any atom is 0.245 e. The Morgan fingerprint density at radius 2 is 1.86 bits per heavy atom. The molecule has 0 saturated carbocycles. The van der Waals surface area contributed by atoms with E-state index in [0.717, 1.165) is 22.3 Å². The molecule has 2 aromatic carbocycles. The number of pyridine rings is 1. The number of nitrogens with one attached hydrogen (secondary N) is 1. The van der Waals surface area contributed by atoms with Crippen LogP contribution in [0.15, 0.2) is 72.9 Å². The van der Waals surface area contributed by atoms with Gasteiger partial charge in [0.2, 0.25) is 11.9 Å². The van der Waals surface area contributed by atoms with Crippen molar-refractivity contribution in [2.24, 2.45) is 0 Å². The molecule has 1 heterocycles. The van der Waals surface area contributed by atoms with Gasteiger partial charge in [-0.1, -0.05) is 42.2 Å². The topological polar surface area (TPSA) is 42.0 Å². The van der Waals surface area contributed by atoms with Gasteiger partial charge in [-0.15, -0.1) is 0 Å². The van der Waals surface area contributed by atoms with Crippen LogP contribution in [0.3, 0.4) is 0 Å². The van der Waals surface area contributed by atoms with E-state index in [1.807, 2.05) is 24.3 Å². The van der Waals surface area contributed by atoms with Gasteiger partial charge in [0.25, 0.3) is 0 Å². The molecule has 1 N–H and O–H groups in total. The number of rotatable bonds is 5. The first-order valence-corrected chi connectivity index (χ1v) is 9.02. The monoisotopic (exact) mass is 386 g/mol. The van der Waals surface area contributed by atoms with Crippen LogP contribution in [0.2, 0.25) is 0 Å². The van der Waals surface area contributed by atoms with Crippen molar-refractivity contribution in [1.29, 1.82) is 0 Å². The molecule has 0 saturated heterocycles. The fraction of sp³-hybridized carbons (Fsp3) is 0.0833. The molecule has 0 unspecified atom stereocenters. The van der Waals surface area contributed by atoms with Gasteiger partial charge in [-0.2, -0.15) is 4.39 Å². The molecular weight excluding hydrogens is 370 g/mol. The van der Waals surface area contributed by atoms with Crippen molar-refractivity contribution < 1.29 is 13.6 Å². The molecule has 1 atom stereocenters. The molecule has 142 valence electrons. The number of amides is 1. The summed E-state index contributed by atoms with van der Waals surface area (Å²) in [4.78, 5) is 16.2. The lowest BCUT2D eigenvalue weighted by atomic mass is 9.80. The summed E-state index contributed by atoms with van der Waals surface area (Å²) in [5.41, 5.74) is 2.44. The number of hydrogen-bond acceptors (Lipinski definition) is 2. The molecule has 0 radical (unpaired) electrons. The summed E-state index contributed by atoms with van der Waals surface area (Å²) in [7, 11) is 0. The number of hydrogen-bond donors (Lipinski definition) is 1. The van der Waals surface area contributed by atoms with Gasteiger partial charge < -0.3 is 5.32 Å². The number of aromatic nitrogens is 1. The summed E-state index contributed by atoms with van der Waals surface area (Å²) in [6, 6.07) is 16.4. The Morgan fingerprint density at radius 1 is 1.07 bits per heavy atom. The van der Waals surface area contributed by atoms with Gasteiger partial charge in [0.15, 0.2) is 0 Å². The van der Waals surface area contributed by atoms with Crippen LogP contribution < -0.4 is 5.32 Å². The maximum absolute atomic E-state index is 13.1. The average Bonchev–Trinajstić information content (AvgIpc) is 2.71. The highest BCUT2D eigenvalue weighted by molar-refractivity contribution is 5.93. The second-order valence-electron chi connectivity index (χ2n) is 6.71. The fourth-order valence-corrected chi connectivity index (χ4v) is 3.10. The predicted octanol–water partition coefficient (Wildman–Crippen LogP) is 4.46. The van der Waals surface area contributed by atoms with Gasteiger partial charge in [0.05, 0.1) is 0 Å². The Labute approximate surface area is 167 Å². The quantitative estimate of drug-likeness (QED) is 0.400. The van der Waals surface area contributed by atoms with E-state index in [1.54, 1.807) is 24.3 Å². The lowest BCUT2D eigenvalue weighted by molar-refractivity contribution is -0.117. The van der Waals surface area contributed by atoms with Crippen LogP contribution in [-0.2, 0) is 10.3 Å². The van der Waals surface area contributed by atoms with E-state index < -0.39 is 11.5 Å². The molecule has 1 aliphatic rings. The van der Waals surface area contributed by atoms with Crippen LogP contribution in [0.25, 0.3) is 17.2 Å². The second kappa shape index (κ2) is 7.69. The molecule has 3 aromatic rings. The molecule has 29 heavy (non-hydrogen) atoms. The third-order valence-electron chi connectivity index (χ3n) is 4.71. The predicted molar refractivity (Wildman–Crippen MR) is 107 cm³/mol. The van der Waals surface area contributed by atoms with E-state index in [4.69, 9.17) is 0 Å². The van der Waals surface area contributed by atoms with Crippen molar-refractivity contribution in [3.05, 3.63) is 95.8 Å². The van der Waals surface area contributed by atoms with Crippen molar-refractivity contribution in [3.8, 4) is 23.0 Å². The Kier molecular flexibility index (Phi) is 4.92. The number of nitrogens with zero attached hydrogens (tertiary/aromatic N) is 1. The van der Waals surface area contributed by atoms with Crippen molar-refractivity contribution in [2.45, 2.75) is 12.0 Å². The summed E-state index contributed by atoms with van der Waals surface area (Å²) >= 11 is 0. The van der Waals surface area contributed by atoms with Crippen LogP contribution >= 0.6 is 0 Å². The largest absolute Gasteiger partial charge is 0.331 e. The zero-order valence-corrected chi connectivity index (χ0v) is 15.3. The van der Waals surface area contributed by atoms with E-state index in [9.17, 15) is 13.6 Å². The normalized spacial score (nSPS) is 17.3.